The molecule has 10 heteroatoms. The first-order chi connectivity index (χ1) is 14.8. The van der Waals surface area contributed by atoms with E-state index in [2.05, 4.69) is 25.3 Å². The van der Waals surface area contributed by atoms with Gasteiger partial charge in [-0.3, -0.25) is 4.40 Å². The number of urea groups is 1. The molecule has 7 nitrogen and oxygen atoms in total. The molecular weight excluding hydrogens is 411 g/mol. The molecule has 0 aliphatic heterocycles. The molecule has 2 N–H and O–H groups in total. The fraction of sp³-hybridized carbons (Fsp3) is 0.0952. The Kier molecular flexibility index (Phi) is 5.20. The molecule has 2 amide bonds. The van der Waals surface area contributed by atoms with E-state index in [4.69, 9.17) is 0 Å². The minimum atomic E-state index is -4.77. The fourth-order valence-corrected chi connectivity index (χ4v) is 3.05. The van der Waals surface area contributed by atoms with Crippen LogP contribution in [0.15, 0.2) is 67.0 Å². The van der Waals surface area contributed by atoms with E-state index in [1.54, 1.807) is 24.4 Å². The van der Waals surface area contributed by atoms with Crippen LogP contribution in [0.2, 0.25) is 0 Å². The molecular formula is C21H16F3N5O2. The molecule has 4 rings (SSSR count). The average molecular weight is 427 g/mol. The highest BCUT2D eigenvalue weighted by Gasteiger charge is 2.30. The van der Waals surface area contributed by atoms with Gasteiger partial charge in [-0.2, -0.15) is 0 Å². The maximum atomic E-state index is 12.3. The summed E-state index contributed by atoms with van der Waals surface area (Å²) in [4.78, 5) is 21.1. The zero-order valence-corrected chi connectivity index (χ0v) is 16.1. The number of rotatable bonds is 4. The third kappa shape index (κ3) is 4.74. The number of carbonyl (C=O) groups excluding carboxylic acids is 1. The van der Waals surface area contributed by atoms with Crippen LogP contribution in [0.4, 0.5) is 29.3 Å². The third-order valence-corrected chi connectivity index (χ3v) is 4.38. The van der Waals surface area contributed by atoms with Gasteiger partial charge in [0, 0.05) is 35.0 Å². The standard InChI is InChI=1S/C21H16F3N5O2/c1-13-18(28-19-25-10-3-11-29(13)19)14-4-2-5-16(12-14)27-20(30)26-15-6-8-17(9-7-15)31-21(22,23)24/h2-12H,1H3,(H2,26,27,30). The molecule has 31 heavy (non-hydrogen) atoms. The van der Waals surface area contributed by atoms with Gasteiger partial charge in [-0.25, -0.2) is 14.8 Å². The molecule has 0 bridgehead atoms. The summed E-state index contributed by atoms with van der Waals surface area (Å²) >= 11 is 0. The van der Waals surface area contributed by atoms with Crippen molar-refractivity contribution in [2.24, 2.45) is 0 Å². The van der Waals surface area contributed by atoms with Crippen molar-refractivity contribution in [2.75, 3.05) is 10.6 Å². The predicted molar refractivity (Wildman–Crippen MR) is 109 cm³/mol. The molecule has 158 valence electrons. The van der Waals surface area contributed by atoms with Gasteiger partial charge in [0.1, 0.15) is 5.75 Å². The number of amides is 2. The minimum Gasteiger partial charge on any atom is -0.406 e. The van der Waals surface area contributed by atoms with E-state index < -0.39 is 12.4 Å². The van der Waals surface area contributed by atoms with Gasteiger partial charge in [0.05, 0.1) is 5.69 Å². The van der Waals surface area contributed by atoms with Crippen LogP contribution in [0.3, 0.4) is 0 Å². The van der Waals surface area contributed by atoms with E-state index in [1.807, 2.05) is 29.7 Å². The zero-order chi connectivity index (χ0) is 22.0. The molecule has 2 aromatic heterocycles. The molecule has 0 radical (unpaired) electrons. The maximum Gasteiger partial charge on any atom is 0.573 e. The monoisotopic (exact) mass is 427 g/mol. The summed E-state index contributed by atoms with van der Waals surface area (Å²) in [5.74, 6) is 0.201. The summed E-state index contributed by atoms with van der Waals surface area (Å²) in [5, 5.41) is 5.25. The number of nitrogens with zero attached hydrogens (tertiary/aromatic N) is 3. The molecule has 0 fully saturated rings. The normalized spacial score (nSPS) is 11.4. The molecule has 0 saturated heterocycles. The topological polar surface area (TPSA) is 80.5 Å². The molecule has 2 aromatic carbocycles. The number of hydrogen-bond acceptors (Lipinski definition) is 4. The lowest BCUT2D eigenvalue weighted by Crippen LogP contribution is -2.19. The number of ether oxygens (including phenoxy) is 1. The van der Waals surface area contributed by atoms with Gasteiger partial charge in [0.25, 0.3) is 0 Å². The van der Waals surface area contributed by atoms with Crippen molar-refractivity contribution in [3.8, 4) is 17.0 Å². The van der Waals surface area contributed by atoms with Crippen molar-refractivity contribution in [1.29, 1.82) is 0 Å². The number of halogens is 3. The van der Waals surface area contributed by atoms with E-state index in [0.717, 1.165) is 29.1 Å². The van der Waals surface area contributed by atoms with E-state index in [-0.39, 0.29) is 5.75 Å². The number of fused-ring (bicyclic) bond motifs is 1. The lowest BCUT2D eigenvalue weighted by atomic mass is 10.1. The Morgan fingerprint density at radius 2 is 1.77 bits per heavy atom. The summed E-state index contributed by atoms with van der Waals surface area (Å²) in [5.41, 5.74) is 3.28. The summed E-state index contributed by atoms with van der Waals surface area (Å²) in [7, 11) is 0. The second-order valence-corrected chi connectivity index (χ2v) is 6.57. The molecule has 4 aromatic rings. The number of anilines is 2. The zero-order valence-electron chi connectivity index (χ0n) is 16.1. The lowest BCUT2D eigenvalue weighted by Gasteiger charge is -2.11. The Hall–Kier alpha value is -4.08. The third-order valence-electron chi connectivity index (χ3n) is 4.38. The largest absolute Gasteiger partial charge is 0.573 e. The first-order valence-electron chi connectivity index (χ1n) is 9.12. The Morgan fingerprint density at radius 3 is 2.48 bits per heavy atom. The first kappa shape index (κ1) is 20.2. The van der Waals surface area contributed by atoms with Crippen molar-refractivity contribution in [2.45, 2.75) is 13.3 Å². The van der Waals surface area contributed by atoms with E-state index in [0.29, 0.717) is 17.2 Å². The number of aryl methyl sites for hydroxylation is 1. The van der Waals surface area contributed by atoms with Gasteiger partial charge in [0.2, 0.25) is 5.78 Å². The van der Waals surface area contributed by atoms with E-state index in [1.165, 1.54) is 12.1 Å². The van der Waals surface area contributed by atoms with Crippen LogP contribution < -0.4 is 15.4 Å². The number of carbonyl (C=O) groups is 1. The van der Waals surface area contributed by atoms with Gasteiger partial charge < -0.3 is 15.4 Å². The Morgan fingerprint density at radius 1 is 1.03 bits per heavy atom. The summed E-state index contributed by atoms with van der Waals surface area (Å²) < 4.78 is 42.3. The highest BCUT2D eigenvalue weighted by Crippen LogP contribution is 2.26. The number of alkyl halides is 3. The number of imidazole rings is 1. The highest BCUT2D eigenvalue weighted by atomic mass is 19.4. The quantitative estimate of drug-likeness (QED) is 0.466. The minimum absolute atomic E-state index is 0.311. The van der Waals surface area contributed by atoms with Crippen LogP contribution in [0.5, 0.6) is 5.75 Å². The number of benzene rings is 2. The van der Waals surface area contributed by atoms with Crippen LogP contribution in [0, 0.1) is 6.92 Å². The van der Waals surface area contributed by atoms with Gasteiger partial charge in [0.15, 0.2) is 0 Å². The second kappa shape index (κ2) is 7.98. The summed E-state index contributed by atoms with van der Waals surface area (Å²) in [6, 6.07) is 13.3. The molecule has 2 heterocycles. The molecule has 0 aliphatic carbocycles. The van der Waals surface area contributed by atoms with Crippen LogP contribution in [-0.4, -0.2) is 26.8 Å². The molecule has 0 atom stereocenters. The van der Waals surface area contributed by atoms with Crippen molar-refractivity contribution in [3.63, 3.8) is 0 Å². The molecule has 0 unspecified atom stereocenters. The van der Waals surface area contributed by atoms with Gasteiger partial charge in [-0.1, -0.05) is 12.1 Å². The van der Waals surface area contributed by atoms with Crippen LogP contribution >= 0.6 is 0 Å². The fourth-order valence-electron chi connectivity index (χ4n) is 3.05. The van der Waals surface area contributed by atoms with Crippen molar-refractivity contribution in [1.82, 2.24) is 14.4 Å². The van der Waals surface area contributed by atoms with Crippen LogP contribution in [-0.2, 0) is 0 Å². The number of hydrogen-bond donors (Lipinski definition) is 2. The Bertz CT molecular complexity index is 1240. The van der Waals surface area contributed by atoms with Gasteiger partial charge in [-0.05, 0) is 49.4 Å². The van der Waals surface area contributed by atoms with Gasteiger partial charge >= 0.3 is 12.4 Å². The molecule has 0 saturated carbocycles. The predicted octanol–water partition coefficient (Wildman–Crippen LogP) is 5.25. The van der Waals surface area contributed by atoms with E-state index in [9.17, 15) is 18.0 Å². The highest BCUT2D eigenvalue weighted by molar-refractivity contribution is 6.00. The average Bonchev–Trinajstić information content (AvgIpc) is 3.05. The van der Waals surface area contributed by atoms with Crippen molar-refractivity contribution >= 4 is 23.2 Å². The Balaban J connectivity index is 1.46. The van der Waals surface area contributed by atoms with Crippen molar-refractivity contribution in [3.05, 3.63) is 72.7 Å². The molecule has 0 aliphatic rings. The smallest absolute Gasteiger partial charge is 0.406 e. The maximum absolute atomic E-state index is 12.3. The van der Waals surface area contributed by atoms with Crippen LogP contribution in [0.25, 0.3) is 17.0 Å². The number of aromatic nitrogens is 3. The second-order valence-electron chi connectivity index (χ2n) is 6.57. The van der Waals surface area contributed by atoms with Crippen LogP contribution in [0.1, 0.15) is 5.69 Å². The molecule has 0 spiro atoms. The summed E-state index contributed by atoms with van der Waals surface area (Å²) in [6.45, 7) is 1.93. The SMILES string of the molecule is Cc1c(-c2cccc(NC(=O)Nc3ccc(OC(F)(F)F)cc3)c2)nc2ncccn12. The first-order valence-corrected chi connectivity index (χ1v) is 9.12. The number of nitrogens with one attached hydrogen (secondary N) is 2. The Labute approximate surface area is 174 Å². The lowest BCUT2D eigenvalue weighted by molar-refractivity contribution is -0.274. The van der Waals surface area contributed by atoms with Gasteiger partial charge in [-0.15, -0.1) is 13.2 Å². The van der Waals surface area contributed by atoms with E-state index >= 15 is 0 Å². The summed E-state index contributed by atoms with van der Waals surface area (Å²) in [6.07, 6.45) is -1.24. The van der Waals surface area contributed by atoms with Crippen molar-refractivity contribution < 1.29 is 22.7 Å².